The highest BCUT2D eigenvalue weighted by Crippen LogP contribution is 2.17. The van der Waals surface area contributed by atoms with Gasteiger partial charge in [-0.25, -0.2) is 0 Å². The second-order valence-electron chi connectivity index (χ2n) is 4.43. The molecule has 0 unspecified atom stereocenters. The van der Waals surface area contributed by atoms with E-state index in [1.54, 1.807) is 48.5 Å². The van der Waals surface area contributed by atoms with E-state index >= 15 is 0 Å². The van der Waals surface area contributed by atoms with Crippen molar-refractivity contribution in [2.24, 2.45) is 0 Å². The van der Waals surface area contributed by atoms with E-state index in [1.807, 2.05) is 6.07 Å². The van der Waals surface area contributed by atoms with Gasteiger partial charge in [-0.05, 0) is 36.4 Å². The zero-order valence-corrected chi connectivity index (χ0v) is 13.1. The van der Waals surface area contributed by atoms with Gasteiger partial charge in [0, 0.05) is 21.4 Å². The van der Waals surface area contributed by atoms with Crippen LogP contribution in [0.1, 0.15) is 16.8 Å². The highest BCUT2D eigenvalue weighted by atomic mass is 79.9. The number of rotatable bonds is 4. The van der Waals surface area contributed by atoms with Crippen molar-refractivity contribution in [1.82, 2.24) is 0 Å². The first-order valence-electron chi connectivity index (χ1n) is 6.42. The van der Waals surface area contributed by atoms with Crippen molar-refractivity contribution in [3.63, 3.8) is 0 Å². The number of hydrogen-bond donors (Lipinski definition) is 2. The van der Waals surface area contributed by atoms with Crippen LogP contribution in [0.25, 0.3) is 0 Å². The summed E-state index contributed by atoms with van der Waals surface area (Å²) in [5.74, 6) is -0.639. The molecular formula is C16H12BrN3O2. The predicted molar refractivity (Wildman–Crippen MR) is 87.4 cm³/mol. The lowest BCUT2D eigenvalue weighted by Crippen LogP contribution is -2.13. The summed E-state index contributed by atoms with van der Waals surface area (Å²) in [6, 6.07) is 15.5. The Morgan fingerprint density at radius 2 is 1.73 bits per heavy atom. The normalized spacial score (nSPS) is 9.64. The Hall–Kier alpha value is -2.65. The van der Waals surface area contributed by atoms with Crippen LogP contribution in [0.2, 0.25) is 0 Å². The van der Waals surface area contributed by atoms with Gasteiger partial charge < -0.3 is 10.6 Å². The molecule has 2 amide bonds. The molecule has 0 aliphatic rings. The molecule has 110 valence electrons. The highest BCUT2D eigenvalue weighted by Gasteiger charge is 2.07. The Balaban J connectivity index is 2.09. The fourth-order valence-corrected chi connectivity index (χ4v) is 2.18. The summed E-state index contributed by atoms with van der Waals surface area (Å²) in [5, 5.41) is 13.8. The van der Waals surface area contributed by atoms with Crippen molar-refractivity contribution >= 4 is 39.1 Å². The van der Waals surface area contributed by atoms with E-state index in [2.05, 4.69) is 26.6 Å². The molecule has 0 bridgehead atoms. The van der Waals surface area contributed by atoms with E-state index in [1.165, 1.54) is 0 Å². The van der Waals surface area contributed by atoms with Crippen LogP contribution in [0.5, 0.6) is 0 Å². The van der Waals surface area contributed by atoms with Gasteiger partial charge >= 0.3 is 0 Å². The van der Waals surface area contributed by atoms with Gasteiger partial charge in [-0.1, -0.05) is 28.1 Å². The molecule has 2 aromatic carbocycles. The van der Waals surface area contributed by atoms with Gasteiger partial charge in [-0.15, -0.1) is 0 Å². The molecule has 22 heavy (non-hydrogen) atoms. The van der Waals surface area contributed by atoms with E-state index in [-0.39, 0.29) is 12.3 Å². The van der Waals surface area contributed by atoms with Gasteiger partial charge in [0.1, 0.15) is 6.42 Å². The lowest BCUT2D eigenvalue weighted by molar-refractivity contribution is -0.115. The maximum Gasteiger partial charge on any atom is 0.255 e. The van der Waals surface area contributed by atoms with Crippen molar-refractivity contribution in [3.8, 4) is 6.07 Å². The topological polar surface area (TPSA) is 82.0 Å². The lowest BCUT2D eigenvalue weighted by Gasteiger charge is -2.08. The number of nitrogens with zero attached hydrogens (tertiary/aromatic N) is 1. The molecule has 6 heteroatoms. The number of halogens is 1. The number of nitriles is 1. The van der Waals surface area contributed by atoms with Crippen LogP contribution in [0.15, 0.2) is 53.0 Å². The predicted octanol–water partition coefficient (Wildman–Crippen LogP) is 3.55. The summed E-state index contributed by atoms with van der Waals surface area (Å²) in [4.78, 5) is 23.5. The summed E-state index contributed by atoms with van der Waals surface area (Å²) >= 11 is 3.32. The van der Waals surface area contributed by atoms with Gasteiger partial charge in [0.05, 0.1) is 6.07 Å². The summed E-state index contributed by atoms with van der Waals surface area (Å²) in [7, 11) is 0. The molecular weight excluding hydrogens is 346 g/mol. The van der Waals surface area contributed by atoms with Crippen LogP contribution in [-0.2, 0) is 4.79 Å². The molecule has 0 saturated carbocycles. The van der Waals surface area contributed by atoms with Crippen LogP contribution in [-0.4, -0.2) is 11.8 Å². The average Bonchev–Trinajstić information content (AvgIpc) is 2.47. The number of benzene rings is 2. The monoisotopic (exact) mass is 357 g/mol. The van der Waals surface area contributed by atoms with E-state index in [4.69, 9.17) is 5.26 Å². The number of amides is 2. The van der Waals surface area contributed by atoms with Crippen LogP contribution in [0.3, 0.4) is 0 Å². The first-order valence-corrected chi connectivity index (χ1v) is 7.21. The SMILES string of the molecule is N#CCC(=O)Nc1cccc(NC(=O)c2cccc(Br)c2)c1. The molecule has 5 nitrogen and oxygen atoms in total. The number of anilines is 2. The zero-order valence-electron chi connectivity index (χ0n) is 11.5. The van der Waals surface area contributed by atoms with Crippen molar-refractivity contribution in [1.29, 1.82) is 5.26 Å². The van der Waals surface area contributed by atoms with Crippen LogP contribution < -0.4 is 10.6 Å². The first kappa shape index (κ1) is 15.7. The van der Waals surface area contributed by atoms with Crippen LogP contribution in [0, 0.1) is 11.3 Å². The second-order valence-corrected chi connectivity index (χ2v) is 5.34. The molecule has 0 aliphatic carbocycles. The fourth-order valence-electron chi connectivity index (χ4n) is 1.78. The van der Waals surface area contributed by atoms with E-state index in [0.29, 0.717) is 16.9 Å². The standard InChI is InChI=1S/C16H12BrN3O2/c17-12-4-1-3-11(9-12)16(22)20-14-6-2-5-13(10-14)19-15(21)7-8-18/h1-6,9-10H,7H2,(H,19,21)(H,20,22). The molecule has 2 N–H and O–H groups in total. The Kier molecular flexibility index (Phi) is 5.28. The van der Waals surface area contributed by atoms with Crippen molar-refractivity contribution in [3.05, 3.63) is 58.6 Å². The third-order valence-electron chi connectivity index (χ3n) is 2.73. The van der Waals surface area contributed by atoms with Crippen LogP contribution in [0.4, 0.5) is 11.4 Å². The van der Waals surface area contributed by atoms with Gasteiger partial charge in [0.25, 0.3) is 5.91 Å². The smallest absolute Gasteiger partial charge is 0.255 e. The molecule has 0 aromatic heterocycles. The van der Waals surface area contributed by atoms with Crippen molar-refractivity contribution < 1.29 is 9.59 Å². The Bertz CT molecular complexity index is 753. The minimum atomic E-state index is -0.391. The Morgan fingerprint density at radius 1 is 1.05 bits per heavy atom. The number of hydrogen-bond acceptors (Lipinski definition) is 3. The largest absolute Gasteiger partial charge is 0.325 e. The minimum Gasteiger partial charge on any atom is -0.325 e. The number of carbonyl (C=O) groups excluding carboxylic acids is 2. The molecule has 0 saturated heterocycles. The minimum absolute atomic E-state index is 0.214. The number of carbonyl (C=O) groups is 2. The van der Waals surface area contributed by atoms with E-state index < -0.39 is 5.91 Å². The van der Waals surface area contributed by atoms with Gasteiger partial charge in [-0.3, -0.25) is 9.59 Å². The zero-order chi connectivity index (χ0) is 15.9. The van der Waals surface area contributed by atoms with E-state index in [0.717, 1.165) is 4.47 Å². The third kappa shape index (κ3) is 4.43. The lowest BCUT2D eigenvalue weighted by atomic mass is 10.2. The molecule has 0 aliphatic heterocycles. The molecule has 2 rings (SSSR count). The molecule has 0 atom stereocenters. The first-order chi connectivity index (χ1) is 10.6. The van der Waals surface area contributed by atoms with Crippen molar-refractivity contribution in [2.45, 2.75) is 6.42 Å². The summed E-state index contributed by atoms with van der Waals surface area (Å²) in [6.45, 7) is 0. The number of nitrogens with one attached hydrogen (secondary N) is 2. The summed E-state index contributed by atoms with van der Waals surface area (Å²) < 4.78 is 0.817. The quantitative estimate of drug-likeness (QED) is 0.877. The highest BCUT2D eigenvalue weighted by molar-refractivity contribution is 9.10. The van der Waals surface area contributed by atoms with E-state index in [9.17, 15) is 9.59 Å². The molecule has 2 aromatic rings. The Morgan fingerprint density at radius 3 is 2.41 bits per heavy atom. The molecule has 0 spiro atoms. The molecule has 0 fully saturated rings. The van der Waals surface area contributed by atoms with Crippen LogP contribution >= 0.6 is 15.9 Å². The second kappa shape index (κ2) is 7.38. The van der Waals surface area contributed by atoms with Gasteiger partial charge in [0.2, 0.25) is 5.91 Å². The maximum absolute atomic E-state index is 12.1. The Labute approximate surface area is 136 Å². The summed E-state index contributed by atoms with van der Waals surface area (Å²) in [5.41, 5.74) is 1.60. The average molecular weight is 358 g/mol. The molecule has 0 radical (unpaired) electrons. The van der Waals surface area contributed by atoms with Gasteiger partial charge in [-0.2, -0.15) is 5.26 Å². The maximum atomic E-state index is 12.1. The third-order valence-corrected chi connectivity index (χ3v) is 3.22. The summed E-state index contributed by atoms with van der Waals surface area (Å²) in [6.07, 6.45) is -0.214. The van der Waals surface area contributed by atoms with Crippen molar-refractivity contribution in [2.75, 3.05) is 10.6 Å². The fraction of sp³-hybridized carbons (Fsp3) is 0.0625. The molecule has 0 heterocycles. The van der Waals surface area contributed by atoms with Gasteiger partial charge in [0.15, 0.2) is 0 Å².